The molecule has 0 aliphatic rings. The summed E-state index contributed by atoms with van der Waals surface area (Å²) in [6.45, 7) is 0. The number of rotatable bonds is 5. The van der Waals surface area contributed by atoms with Crippen LogP contribution in [-0.4, -0.2) is 9.13 Å². The van der Waals surface area contributed by atoms with Crippen molar-refractivity contribution in [1.29, 1.82) is 0 Å². The highest BCUT2D eigenvalue weighted by atomic mass is 32.1. The van der Waals surface area contributed by atoms with Crippen LogP contribution in [0.3, 0.4) is 0 Å². The molecule has 266 valence electrons. The van der Waals surface area contributed by atoms with E-state index < -0.39 is 0 Å². The van der Waals surface area contributed by atoms with Gasteiger partial charge in [0.15, 0.2) is 0 Å². The highest BCUT2D eigenvalue weighted by Gasteiger charge is 2.18. The molecule has 0 bridgehead atoms. The molecule has 0 aliphatic heterocycles. The van der Waals surface area contributed by atoms with E-state index in [-0.39, 0.29) is 0 Å². The predicted octanol–water partition coefficient (Wildman–Crippen LogP) is 15.2. The molecule has 2 nitrogen and oxygen atoms in total. The molecule has 0 N–H and O–H groups in total. The minimum Gasteiger partial charge on any atom is -0.309 e. The van der Waals surface area contributed by atoms with Crippen LogP contribution in [0.15, 0.2) is 206 Å². The third-order valence-corrected chi connectivity index (χ3v) is 12.9. The van der Waals surface area contributed by atoms with E-state index in [0.717, 1.165) is 11.4 Å². The highest BCUT2D eigenvalue weighted by molar-refractivity contribution is 7.26. The number of hydrogen-bond acceptors (Lipinski definition) is 1. The topological polar surface area (TPSA) is 9.86 Å². The summed E-state index contributed by atoms with van der Waals surface area (Å²) in [4.78, 5) is 0. The Bertz CT molecular complexity index is 3380. The zero-order valence-electron chi connectivity index (χ0n) is 30.9. The maximum atomic E-state index is 2.44. The van der Waals surface area contributed by atoms with Gasteiger partial charge in [0.2, 0.25) is 0 Å². The Kier molecular flexibility index (Phi) is 7.13. The van der Waals surface area contributed by atoms with E-state index in [0.29, 0.717) is 0 Å². The molecular formula is C54H34N2S. The van der Waals surface area contributed by atoms with Gasteiger partial charge >= 0.3 is 0 Å². The molecule has 0 fully saturated rings. The second-order valence-electron chi connectivity index (χ2n) is 14.9. The lowest BCUT2D eigenvalue weighted by Crippen LogP contribution is -1.95. The van der Waals surface area contributed by atoms with Crippen LogP contribution in [0.2, 0.25) is 0 Å². The Labute approximate surface area is 333 Å². The molecule has 0 atom stereocenters. The molecule has 3 heterocycles. The third kappa shape index (κ3) is 5.03. The van der Waals surface area contributed by atoms with Gasteiger partial charge < -0.3 is 9.13 Å². The first-order valence-electron chi connectivity index (χ1n) is 19.5. The average molecular weight is 743 g/mol. The second kappa shape index (κ2) is 12.7. The summed E-state index contributed by atoms with van der Waals surface area (Å²) in [7, 11) is 0. The molecule has 0 amide bonds. The molecule has 0 saturated carbocycles. The van der Waals surface area contributed by atoms with Crippen LogP contribution >= 0.6 is 11.3 Å². The molecule has 3 aromatic heterocycles. The zero-order valence-corrected chi connectivity index (χ0v) is 31.7. The second-order valence-corrected chi connectivity index (χ2v) is 16.0. The fourth-order valence-electron chi connectivity index (χ4n) is 9.08. The number of para-hydroxylation sites is 1. The van der Waals surface area contributed by atoms with Gasteiger partial charge in [0.05, 0.1) is 22.1 Å². The van der Waals surface area contributed by atoms with Crippen molar-refractivity contribution in [2.75, 3.05) is 0 Å². The van der Waals surface area contributed by atoms with Gasteiger partial charge in [-0.05, 0) is 94.0 Å². The molecule has 0 aliphatic carbocycles. The van der Waals surface area contributed by atoms with Gasteiger partial charge in [-0.25, -0.2) is 0 Å². The van der Waals surface area contributed by atoms with E-state index in [4.69, 9.17) is 0 Å². The predicted molar refractivity (Wildman–Crippen MR) is 244 cm³/mol. The SMILES string of the molecule is c1ccc(-c2ccc3c4ccc(-c5ccccc5)cc4n(-c4ccc(-c5ccc(-n6c7ccccc7c7c8c(ccc76)sc6ccccc68)cc5)cc4)c3c2)cc1. The van der Waals surface area contributed by atoms with Crippen molar-refractivity contribution in [1.82, 2.24) is 9.13 Å². The van der Waals surface area contributed by atoms with Gasteiger partial charge in [0, 0.05) is 53.1 Å². The van der Waals surface area contributed by atoms with Gasteiger partial charge in [0.1, 0.15) is 0 Å². The minimum atomic E-state index is 1.14. The van der Waals surface area contributed by atoms with E-state index in [1.54, 1.807) is 0 Å². The lowest BCUT2D eigenvalue weighted by atomic mass is 10.0. The molecule has 57 heavy (non-hydrogen) atoms. The molecule has 0 saturated heterocycles. The number of thiophene rings is 1. The Morgan fingerprint density at radius 3 is 1.33 bits per heavy atom. The van der Waals surface area contributed by atoms with E-state index in [9.17, 15) is 0 Å². The molecular weight excluding hydrogens is 709 g/mol. The summed E-state index contributed by atoms with van der Waals surface area (Å²) >= 11 is 1.88. The summed E-state index contributed by atoms with van der Waals surface area (Å²) in [5, 5.41) is 7.81. The van der Waals surface area contributed by atoms with Crippen LogP contribution in [0.5, 0.6) is 0 Å². The van der Waals surface area contributed by atoms with Crippen molar-refractivity contribution in [3.63, 3.8) is 0 Å². The summed E-state index contributed by atoms with van der Waals surface area (Å²) in [6, 6.07) is 75.5. The first kappa shape index (κ1) is 32.1. The Balaban J connectivity index is 0.966. The minimum absolute atomic E-state index is 1.14. The van der Waals surface area contributed by atoms with Crippen molar-refractivity contribution in [2.45, 2.75) is 0 Å². The van der Waals surface area contributed by atoms with Gasteiger partial charge in [0.25, 0.3) is 0 Å². The normalized spacial score (nSPS) is 11.9. The molecule has 12 aromatic rings. The number of benzene rings is 9. The maximum absolute atomic E-state index is 2.44. The highest BCUT2D eigenvalue weighted by Crippen LogP contribution is 2.44. The molecule has 0 spiro atoms. The Morgan fingerprint density at radius 1 is 0.263 bits per heavy atom. The number of aromatic nitrogens is 2. The van der Waals surface area contributed by atoms with Crippen molar-refractivity contribution >= 4 is 75.1 Å². The lowest BCUT2D eigenvalue weighted by Gasteiger charge is -2.12. The monoisotopic (exact) mass is 742 g/mol. The zero-order chi connectivity index (χ0) is 37.5. The van der Waals surface area contributed by atoms with Crippen molar-refractivity contribution < 1.29 is 0 Å². The van der Waals surface area contributed by atoms with Crippen LogP contribution < -0.4 is 0 Å². The molecule has 9 aromatic carbocycles. The third-order valence-electron chi connectivity index (χ3n) is 11.7. The van der Waals surface area contributed by atoms with Crippen LogP contribution in [0.4, 0.5) is 0 Å². The van der Waals surface area contributed by atoms with Crippen LogP contribution in [0.1, 0.15) is 0 Å². The van der Waals surface area contributed by atoms with Gasteiger partial charge in [-0.2, -0.15) is 0 Å². The average Bonchev–Trinajstić information content (AvgIpc) is 3.94. The molecule has 0 unspecified atom stereocenters. The molecule has 12 rings (SSSR count). The summed E-state index contributed by atoms with van der Waals surface area (Å²) in [6.07, 6.45) is 0. The quantitative estimate of drug-likeness (QED) is 0.166. The van der Waals surface area contributed by atoms with Gasteiger partial charge in [-0.3, -0.25) is 0 Å². The summed E-state index contributed by atoms with van der Waals surface area (Å²) in [5.74, 6) is 0. The first-order valence-corrected chi connectivity index (χ1v) is 20.3. The maximum Gasteiger partial charge on any atom is 0.0548 e. The van der Waals surface area contributed by atoms with Crippen molar-refractivity contribution in [2.24, 2.45) is 0 Å². The van der Waals surface area contributed by atoms with E-state index in [1.165, 1.54) is 97.2 Å². The fraction of sp³-hybridized carbons (Fsp3) is 0. The van der Waals surface area contributed by atoms with E-state index in [2.05, 4.69) is 215 Å². The molecule has 0 radical (unpaired) electrons. The van der Waals surface area contributed by atoms with Crippen LogP contribution in [0.25, 0.3) is 109 Å². The largest absolute Gasteiger partial charge is 0.309 e. The van der Waals surface area contributed by atoms with E-state index in [1.807, 2.05) is 11.3 Å². The molecule has 3 heteroatoms. The number of fused-ring (bicyclic) bond motifs is 10. The summed E-state index contributed by atoms with van der Waals surface area (Å²) < 4.78 is 7.53. The van der Waals surface area contributed by atoms with Crippen molar-refractivity contribution in [3.05, 3.63) is 206 Å². The van der Waals surface area contributed by atoms with Crippen molar-refractivity contribution in [3.8, 4) is 44.8 Å². The number of nitrogens with zero attached hydrogens (tertiary/aromatic N) is 2. The number of hydrogen-bond donors (Lipinski definition) is 0. The standard InChI is InChI=1S/C54H34N2S/c1-3-11-35(12-4-1)39-23-29-43-44-30-24-40(36-13-5-2-6-14-36)34-50(44)56(49(43)33-39)42-27-21-38(22-28-42)37-19-25-41(26-20-37)55-47-17-9-7-15-45(47)53-48(55)31-32-52-54(53)46-16-8-10-18-51(46)57-52/h1-34H. The van der Waals surface area contributed by atoms with Gasteiger partial charge in [-0.15, -0.1) is 11.3 Å². The Hall–Kier alpha value is -7.20. The van der Waals surface area contributed by atoms with Gasteiger partial charge in [-0.1, -0.05) is 146 Å². The summed E-state index contributed by atoms with van der Waals surface area (Å²) in [5.41, 5.74) is 14.4. The lowest BCUT2D eigenvalue weighted by molar-refractivity contribution is 1.18. The van der Waals surface area contributed by atoms with Crippen LogP contribution in [-0.2, 0) is 0 Å². The van der Waals surface area contributed by atoms with Crippen LogP contribution in [0, 0.1) is 0 Å². The Morgan fingerprint density at radius 2 is 0.737 bits per heavy atom. The first-order chi connectivity index (χ1) is 28.3. The smallest absolute Gasteiger partial charge is 0.0548 e. The van der Waals surface area contributed by atoms with E-state index >= 15 is 0 Å². The fourth-order valence-corrected chi connectivity index (χ4v) is 10.2.